The van der Waals surface area contributed by atoms with E-state index in [1.54, 1.807) is 17.7 Å². The summed E-state index contributed by atoms with van der Waals surface area (Å²) >= 11 is 1.57. The smallest absolute Gasteiger partial charge is 0.255 e. The molecule has 6 rings (SSSR count). The number of benzene rings is 1. The molecule has 9 heteroatoms. The van der Waals surface area contributed by atoms with Crippen molar-refractivity contribution < 1.29 is 14.3 Å². The number of fused-ring (bicyclic) bond motifs is 2. The monoisotopic (exact) mass is 465 g/mol. The van der Waals surface area contributed by atoms with Gasteiger partial charge in [-0.25, -0.2) is 4.98 Å². The second-order valence-electron chi connectivity index (χ2n) is 8.83. The lowest BCUT2D eigenvalue weighted by Gasteiger charge is -2.37. The van der Waals surface area contributed by atoms with Crippen LogP contribution in [0.4, 0.5) is 5.82 Å². The molecule has 172 valence electrons. The molecule has 3 aliphatic heterocycles. The van der Waals surface area contributed by atoms with Crippen molar-refractivity contribution in [2.75, 3.05) is 63.9 Å². The van der Waals surface area contributed by atoms with Crippen molar-refractivity contribution >= 4 is 33.3 Å². The normalized spacial score (nSPS) is 19.6. The van der Waals surface area contributed by atoms with E-state index in [1.165, 1.54) is 10.1 Å². The first-order valence-corrected chi connectivity index (χ1v) is 12.4. The number of amides is 1. The average molecular weight is 466 g/mol. The van der Waals surface area contributed by atoms with Gasteiger partial charge in [-0.1, -0.05) is 12.1 Å². The number of nitrogens with zero attached hydrogens (tertiary/aromatic N) is 5. The van der Waals surface area contributed by atoms with E-state index in [0.29, 0.717) is 24.7 Å². The molecule has 0 saturated carbocycles. The number of carbonyl (C=O) groups excluding carboxylic acids is 1. The van der Waals surface area contributed by atoms with Gasteiger partial charge in [-0.15, -0.1) is 0 Å². The second-order valence-corrected chi connectivity index (χ2v) is 9.64. The highest BCUT2D eigenvalue weighted by Gasteiger charge is 2.28. The molecule has 1 amide bonds. The summed E-state index contributed by atoms with van der Waals surface area (Å²) in [5.41, 5.74) is 1.74. The summed E-state index contributed by atoms with van der Waals surface area (Å²) in [5.74, 6) is 1.78. The van der Waals surface area contributed by atoms with Gasteiger partial charge in [0.1, 0.15) is 11.9 Å². The van der Waals surface area contributed by atoms with E-state index in [0.717, 1.165) is 63.6 Å². The van der Waals surface area contributed by atoms with Crippen molar-refractivity contribution in [2.24, 2.45) is 0 Å². The van der Waals surface area contributed by atoms with Crippen LogP contribution in [0.15, 0.2) is 36.5 Å². The number of anilines is 1. The number of aromatic nitrogens is 2. The van der Waals surface area contributed by atoms with Crippen LogP contribution in [0.5, 0.6) is 5.88 Å². The Labute approximate surface area is 196 Å². The van der Waals surface area contributed by atoms with E-state index in [9.17, 15) is 4.79 Å². The Balaban J connectivity index is 1.02. The van der Waals surface area contributed by atoms with E-state index < -0.39 is 0 Å². The molecule has 3 aromatic rings. The summed E-state index contributed by atoms with van der Waals surface area (Å²) in [4.78, 5) is 24.2. The molecular weight excluding hydrogens is 438 g/mol. The minimum Gasteiger partial charge on any atom is -0.469 e. The fourth-order valence-corrected chi connectivity index (χ4v) is 5.47. The molecule has 8 nitrogen and oxygen atoms in total. The first-order valence-electron chi connectivity index (χ1n) is 11.6. The van der Waals surface area contributed by atoms with Crippen LogP contribution in [-0.2, 0) is 11.2 Å². The number of carbonyl (C=O) groups is 1. The molecule has 0 bridgehead atoms. The summed E-state index contributed by atoms with van der Waals surface area (Å²) < 4.78 is 16.9. The summed E-state index contributed by atoms with van der Waals surface area (Å²) in [6, 6.07) is 10.4. The first kappa shape index (κ1) is 20.8. The van der Waals surface area contributed by atoms with Gasteiger partial charge in [-0.2, -0.15) is 4.37 Å². The molecule has 33 heavy (non-hydrogen) atoms. The van der Waals surface area contributed by atoms with E-state index in [2.05, 4.69) is 39.0 Å². The fourth-order valence-electron chi connectivity index (χ4n) is 4.68. The van der Waals surface area contributed by atoms with Gasteiger partial charge in [0.2, 0.25) is 5.88 Å². The molecule has 2 fully saturated rings. The van der Waals surface area contributed by atoms with Gasteiger partial charge in [-0.3, -0.25) is 9.69 Å². The zero-order chi connectivity index (χ0) is 22.2. The number of ether oxygens (including phenoxy) is 2. The van der Waals surface area contributed by atoms with E-state index in [-0.39, 0.29) is 12.0 Å². The molecule has 2 saturated heterocycles. The molecular formula is C24H27N5O3S. The minimum absolute atomic E-state index is 0.0786. The van der Waals surface area contributed by atoms with Crippen molar-refractivity contribution in [2.45, 2.75) is 12.5 Å². The van der Waals surface area contributed by atoms with Crippen LogP contribution in [-0.4, -0.2) is 90.2 Å². The Morgan fingerprint density at radius 3 is 2.76 bits per heavy atom. The number of pyridine rings is 1. The maximum Gasteiger partial charge on any atom is 0.255 e. The van der Waals surface area contributed by atoms with Gasteiger partial charge in [0.05, 0.1) is 23.5 Å². The van der Waals surface area contributed by atoms with Gasteiger partial charge < -0.3 is 19.3 Å². The van der Waals surface area contributed by atoms with Crippen molar-refractivity contribution in [3.8, 4) is 5.88 Å². The second kappa shape index (κ2) is 8.89. The molecule has 0 unspecified atom stereocenters. The quantitative estimate of drug-likeness (QED) is 0.553. The van der Waals surface area contributed by atoms with Gasteiger partial charge in [-0.05, 0) is 35.6 Å². The van der Waals surface area contributed by atoms with Crippen molar-refractivity contribution in [1.29, 1.82) is 0 Å². The maximum absolute atomic E-state index is 13.0. The first-order chi connectivity index (χ1) is 16.2. The third kappa shape index (κ3) is 4.16. The molecule has 2 aromatic heterocycles. The zero-order valence-electron chi connectivity index (χ0n) is 18.5. The van der Waals surface area contributed by atoms with Crippen LogP contribution in [0, 0.1) is 0 Å². The number of piperazine rings is 1. The zero-order valence-corrected chi connectivity index (χ0v) is 19.3. The average Bonchev–Trinajstić information content (AvgIpc) is 3.26. The molecule has 0 atom stereocenters. The number of rotatable bonds is 6. The minimum atomic E-state index is 0.0786. The van der Waals surface area contributed by atoms with Crippen LogP contribution in [0.25, 0.3) is 10.1 Å². The third-order valence-electron chi connectivity index (χ3n) is 6.74. The van der Waals surface area contributed by atoms with Gasteiger partial charge >= 0.3 is 0 Å². The lowest BCUT2D eigenvalue weighted by Crippen LogP contribution is -2.50. The summed E-state index contributed by atoms with van der Waals surface area (Å²) in [7, 11) is 0. The van der Waals surface area contributed by atoms with Crippen LogP contribution in [0.1, 0.15) is 15.9 Å². The van der Waals surface area contributed by atoms with Gasteiger partial charge in [0.25, 0.3) is 5.91 Å². The maximum atomic E-state index is 13.0. The number of hydrogen-bond donors (Lipinski definition) is 0. The Kier molecular flexibility index (Phi) is 5.61. The topological polar surface area (TPSA) is 71.0 Å². The summed E-state index contributed by atoms with van der Waals surface area (Å²) in [5, 5.41) is 1.25. The Bertz CT molecular complexity index is 1160. The van der Waals surface area contributed by atoms with Gasteiger partial charge in [0, 0.05) is 63.5 Å². The standard InChI is InChI=1S/C24H27N5O3S/c30-24-20-14-25-22(32-18-15-31-16-18)13-17(20)5-6-29(24)12-9-27-7-10-28(11-8-27)23-19-3-1-2-4-21(19)33-26-23/h1-4,13-14,18H,5-12,15-16H2. The van der Waals surface area contributed by atoms with E-state index >= 15 is 0 Å². The molecule has 0 aliphatic carbocycles. The van der Waals surface area contributed by atoms with Crippen LogP contribution < -0.4 is 9.64 Å². The number of hydrogen-bond acceptors (Lipinski definition) is 8. The fraction of sp³-hybridized carbons (Fsp3) is 0.458. The highest BCUT2D eigenvalue weighted by molar-refractivity contribution is 7.13. The highest BCUT2D eigenvalue weighted by Crippen LogP contribution is 2.30. The lowest BCUT2D eigenvalue weighted by molar-refractivity contribution is -0.0813. The van der Waals surface area contributed by atoms with Crippen LogP contribution in [0.2, 0.25) is 0 Å². The van der Waals surface area contributed by atoms with Crippen LogP contribution in [0.3, 0.4) is 0 Å². The van der Waals surface area contributed by atoms with E-state index in [4.69, 9.17) is 13.8 Å². The summed E-state index contributed by atoms with van der Waals surface area (Å²) in [6.45, 7) is 7.49. The summed E-state index contributed by atoms with van der Waals surface area (Å²) in [6.07, 6.45) is 2.60. The highest BCUT2D eigenvalue weighted by atomic mass is 32.1. The Morgan fingerprint density at radius 2 is 1.94 bits per heavy atom. The molecule has 3 aliphatic rings. The predicted molar refractivity (Wildman–Crippen MR) is 127 cm³/mol. The van der Waals surface area contributed by atoms with Gasteiger partial charge in [0.15, 0.2) is 0 Å². The molecule has 5 heterocycles. The van der Waals surface area contributed by atoms with Crippen LogP contribution >= 0.6 is 11.5 Å². The Hall–Kier alpha value is -2.75. The molecule has 0 radical (unpaired) electrons. The lowest BCUT2D eigenvalue weighted by atomic mass is 10.0. The SMILES string of the molecule is O=C1c2cnc(OC3COC3)cc2CCN1CCN1CCN(c2nsc3ccccc23)CC1. The van der Waals surface area contributed by atoms with Crippen molar-refractivity contribution in [1.82, 2.24) is 19.2 Å². The van der Waals surface area contributed by atoms with E-state index in [1.807, 2.05) is 11.0 Å². The molecule has 1 aromatic carbocycles. The molecule has 0 spiro atoms. The predicted octanol–water partition coefficient (Wildman–Crippen LogP) is 2.29. The third-order valence-corrected chi connectivity index (χ3v) is 7.56. The molecule has 0 N–H and O–H groups in total. The van der Waals surface area contributed by atoms with Crippen molar-refractivity contribution in [3.63, 3.8) is 0 Å². The van der Waals surface area contributed by atoms with Crippen molar-refractivity contribution in [3.05, 3.63) is 47.7 Å². The Morgan fingerprint density at radius 1 is 1.09 bits per heavy atom. The largest absolute Gasteiger partial charge is 0.469 e.